The maximum Gasteiger partial charge on any atom is 0.414 e. The average Bonchev–Trinajstić information content (AvgIpc) is 2.35. The van der Waals surface area contributed by atoms with Gasteiger partial charge in [0.05, 0.1) is 12.8 Å². The molecule has 0 fully saturated rings. The summed E-state index contributed by atoms with van der Waals surface area (Å²) in [6.45, 7) is 0.530. The molecule has 1 N–H and O–H groups in total. The summed E-state index contributed by atoms with van der Waals surface area (Å²) in [6.07, 6.45) is 0.287. The van der Waals surface area contributed by atoms with Crippen LogP contribution in [-0.4, -0.2) is 32.8 Å². The summed E-state index contributed by atoms with van der Waals surface area (Å²) in [6, 6.07) is 4.56. The van der Waals surface area contributed by atoms with Crippen LogP contribution in [-0.2, 0) is 11.2 Å². The van der Waals surface area contributed by atoms with Gasteiger partial charge in [-0.05, 0) is 37.2 Å². The number of amides is 1. The van der Waals surface area contributed by atoms with Crippen molar-refractivity contribution in [2.45, 2.75) is 12.5 Å². The normalized spacial score (nSPS) is 18.8. The zero-order valence-electron chi connectivity index (χ0n) is 9.87. The number of nitrogens with one attached hydrogen (secondary N) is 1. The van der Waals surface area contributed by atoms with Gasteiger partial charge in [-0.1, -0.05) is 0 Å². The highest BCUT2D eigenvalue weighted by Crippen LogP contribution is 2.28. The summed E-state index contributed by atoms with van der Waals surface area (Å²) in [4.78, 5) is 13.2. The number of rotatable bonds is 1. The highest BCUT2D eigenvalue weighted by Gasteiger charge is 2.28. The molecule has 0 bridgehead atoms. The molecule has 0 spiro atoms. The predicted octanol–water partition coefficient (Wildman–Crippen LogP) is 1.54. The number of anilines is 1. The van der Waals surface area contributed by atoms with Crippen molar-refractivity contribution in [2.75, 3.05) is 25.6 Å². The van der Waals surface area contributed by atoms with E-state index < -0.39 is 6.09 Å². The van der Waals surface area contributed by atoms with E-state index in [1.165, 1.54) is 24.1 Å². The summed E-state index contributed by atoms with van der Waals surface area (Å²) in [5.41, 5.74) is 1.55. The van der Waals surface area contributed by atoms with Crippen molar-refractivity contribution in [3.8, 4) is 0 Å². The lowest BCUT2D eigenvalue weighted by Crippen LogP contribution is -2.47. The number of carbonyl (C=O) groups is 1. The summed E-state index contributed by atoms with van der Waals surface area (Å²) in [7, 11) is 3.17. The number of carbonyl (C=O) groups excluding carboxylic acids is 1. The number of halogens is 1. The molecular weight excluding hydrogens is 223 g/mol. The number of ether oxygens (including phenoxy) is 1. The largest absolute Gasteiger partial charge is 0.452 e. The van der Waals surface area contributed by atoms with E-state index in [2.05, 4.69) is 5.32 Å². The van der Waals surface area contributed by atoms with Crippen LogP contribution in [0, 0.1) is 5.82 Å². The molecule has 0 aliphatic carbocycles. The molecule has 1 aliphatic heterocycles. The number of methoxy groups -OCH3 is 1. The van der Waals surface area contributed by atoms with Crippen LogP contribution in [0.25, 0.3) is 0 Å². The number of hydrogen-bond acceptors (Lipinski definition) is 3. The first-order valence-electron chi connectivity index (χ1n) is 5.47. The van der Waals surface area contributed by atoms with Crippen molar-refractivity contribution in [1.82, 2.24) is 5.32 Å². The molecule has 1 amide bonds. The number of hydrogen-bond donors (Lipinski definition) is 1. The summed E-state index contributed by atoms with van der Waals surface area (Å²) < 4.78 is 17.9. The zero-order valence-corrected chi connectivity index (χ0v) is 9.87. The molecule has 4 nitrogen and oxygen atoms in total. The van der Waals surface area contributed by atoms with Gasteiger partial charge in [0, 0.05) is 12.6 Å². The second kappa shape index (κ2) is 4.71. The molecule has 1 aromatic carbocycles. The molecule has 0 aromatic heterocycles. The summed E-state index contributed by atoms with van der Waals surface area (Å²) >= 11 is 0. The van der Waals surface area contributed by atoms with Crippen molar-refractivity contribution in [3.05, 3.63) is 29.6 Å². The number of fused-ring (bicyclic) bond motifs is 1. The van der Waals surface area contributed by atoms with Gasteiger partial charge in [0.25, 0.3) is 0 Å². The third-order valence-corrected chi connectivity index (χ3v) is 3.00. The van der Waals surface area contributed by atoms with Crippen LogP contribution in [0.3, 0.4) is 0 Å². The van der Waals surface area contributed by atoms with Gasteiger partial charge in [-0.3, -0.25) is 4.90 Å². The molecule has 1 heterocycles. The monoisotopic (exact) mass is 238 g/mol. The van der Waals surface area contributed by atoms with Crippen molar-refractivity contribution in [3.63, 3.8) is 0 Å². The molecule has 1 aliphatic rings. The predicted molar refractivity (Wildman–Crippen MR) is 62.7 cm³/mol. The lowest BCUT2D eigenvalue weighted by atomic mass is 9.98. The maximum absolute atomic E-state index is 13.2. The van der Waals surface area contributed by atoms with E-state index in [1.54, 1.807) is 6.07 Å². The number of benzene rings is 1. The molecule has 5 heteroatoms. The number of nitrogens with zero attached hydrogens (tertiary/aromatic N) is 1. The van der Waals surface area contributed by atoms with Gasteiger partial charge in [0.15, 0.2) is 0 Å². The fraction of sp³-hybridized carbons (Fsp3) is 0.417. The highest BCUT2D eigenvalue weighted by molar-refractivity contribution is 5.89. The summed E-state index contributed by atoms with van der Waals surface area (Å²) in [5, 5.41) is 3.10. The van der Waals surface area contributed by atoms with Crippen LogP contribution in [0.1, 0.15) is 5.56 Å². The Balaban J connectivity index is 2.39. The van der Waals surface area contributed by atoms with Crippen LogP contribution in [0.4, 0.5) is 14.9 Å². The van der Waals surface area contributed by atoms with Crippen LogP contribution in [0.2, 0.25) is 0 Å². The first kappa shape index (κ1) is 11.9. The molecule has 1 atom stereocenters. The van der Waals surface area contributed by atoms with E-state index in [9.17, 15) is 9.18 Å². The molecule has 0 saturated heterocycles. The average molecular weight is 238 g/mol. The topological polar surface area (TPSA) is 41.6 Å². The molecule has 1 aromatic rings. The Morgan fingerprint density at radius 3 is 3.00 bits per heavy atom. The minimum Gasteiger partial charge on any atom is -0.452 e. The van der Waals surface area contributed by atoms with E-state index in [0.29, 0.717) is 13.0 Å². The van der Waals surface area contributed by atoms with Gasteiger partial charge in [0.1, 0.15) is 5.82 Å². The van der Waals surface area contributed by atoms with Crippen molar-refractivity contribution >= 4 is 11.8 Å². The van der Waals surface area contributed by atoms with Gasteiger partial charge in [-0.25, -0.2) is 9.18 Å². The van der Waals surface area contributed by atoms with E-state index in [-0.39, 0.29) is 11.9 Å². The molecule has 0 radical (unpaired) electrons. The Bertz CT molecular complexity index is 437. The molecular formula is C12H15FN2O2. The molecule has 17 heavy (non-hydrogen) atoms. The minimum absolute atomic E-state index is 0.114. The lowest BCUT2D eigenvalue weighted by molar-refractivity contribution is 0.177. The fourth-order valence-electron chi connectivity index (χ4n) is 2.11. The minimum atomic E-state index is -0.419. The second-order valence-corrected chi connectivity index (χ2v) is 4.04. The van der Waals surface area contributed by atoms with Crippen LogP contribution < -0.4 is 10.2 Å². The Labute approximate surface area is 99.4 Å². The zero-order chi connectivity index (χ0) is 12.4. The van der Waals surface area contributed by atoms with Crippen molar-refractivity contribution < 1.29 is 13.9 Å². The lowest BCUT2D eigenvalue weighted by Gasteiger charge is -2.33. The van der Waals surface area contributed by atoms with Crippen molar-refractivity contribution in [2.24, 2.45) is 0 Å². The molecule has 2 rings (SSSR count). The second-order valence-electron chi connectivity index (χ2n) is 4.04. The smallest absolute Gasteiger partial charge is 0.414 e. The van der Waals surface area contributed by atoms with E-state index >= 15 is 0 Å². The number of likely N-dealkylation sites (N-methyl/N-ethyl adjacent to an activating group) is 1. The van der Waals surface area contributed by atoms with Crippen LogP contribution >= 0.6 is 0 Å². The van der Waals surface area contributed by atoms with Gasteiger partial charge < -0.3 is 10.1 Å². The molecule has 0 saturated carbocycles. The van der Waals surface area contributed by atoms with Crippen LogP contribution in [0.15, 0.2) is 18.2 Å². The Kier molecular flexibility index (Phi) is 3.28. The molecule has 92 valence electrons. The van der Waals surface area contributed by atoms with E-state index in [1.807, 2.05) is 7.05 Å². The Morgan fingerprint density at radius 2 is 2.35 bits per heavy atom. The van der Waals surface area contributed by atoms with Crippen LogP contribution in [0.5, 0.6) is 0 Å². The Morgan fingerprint density at radius 1 is 1.59 bits per heavy atom. The quantitative estimate of drug-likeness (QED) is 0.807. The van der Waals surface area contributed by atoms with Gasteiger partial charge in [-0.2, -0.15) is 0 Å². The Hall–Kier alpha value is -1.62. The van der Waals surface area contributed by atoms with Gasteiger partial charge in [0.2, 0.25) is 0 Å². The summed E-state index contributed by atoms with van der Waals surface area (Å²) in [5.74, 6) is -0.287. The van der Waals surface area contributed by atoms with E-state index in [0.717, 1.165) is 11.3 Å². The first-order chi connectivity index (χ1) is 8.15. The van der Waals surface area contributed by atoms with Crippen molar-refractivity contribution in [1.29, 1.82) is 0 Å². The fourth-order valence-corrected chi connectivity index (χ4v) is 2.11. The molecule has 1 unspecified atom stereocenters. The SMILES string of the molecule is CNC1Cc2cc(F)ccc2N(C(=O)OC)C1. The highest BCUT2D eigenvalue weighted by atomic mass is 19.1. The maximum atomic E-state index is 13.2. The third kappa shape index (κ3) is 2.24. The standard InChI is InChI=1S/C12H15FN2O2/c1-14-10-6-8-5-9(13)3-4-11(8)15(7-10)12(16)17-2/h3-5,10,14H,6-7H2,1-2H3. The van der Waals surface area contributed by atoms with Gasteiger partial charge in [-0.15, -0.1) is 0 Å². The van der Waals surface area contributed by atoms with Gasteiger partial charge >= 0.3 is 6.09 Å². The first-order valence-corrected chi connectivity index (χ1v) is 5.47. The van der Waals surface area contributed by atoms with E-state index in [4.69, 9.17) is 4.74 Å². The third-order valence-electron chi connectivity index (χ3n) is 3.00.